The average Bonchev–Trinajstić information content (AvgIpc) is 2.91. The summed E-state index contributed by atoms with van der Waals surface area (Å²) in [5, 5.41) is 11.4. The molecular formula is C23H28O6. The van der Waals surface area contributed by atoms with Crippen LogP contribution in [0.25, 0.3) is 0 Å². The molecule has 4 aliphatic rings. The number of hydrogen-bond donors (Lipinski definition) is 1. The van der Waals surface area contributed by atoms with Gasteiger partial charge in [0.05, 0.1) is 0 Å². The fourth-order valence-corrected chi connectivity index (χ4v) is 6.58. The van der Waals surface area contributed by atoms with E-state index in [4.69, 9.17) is 4.74 Å². The van der Waals surface area contributed by atoms with Gasteiger partial charge in [-0.1, -0.05) is 26.0 Å². The summed E-state index contributed by atoms with van der Waals surface area (Å²) in [6, 6.07) is 0. The second kappa shape index (κ2) is 6.46. The van der Waals surface area contributed by atoms with Crippen LogP contribution in [-0.4, -0.2) is 40.6 Å². The first-order valence-electron chi connectivity index (χ1n) is 10.4. The molecule has 29 heavy (non-hydrogen) atoms. The number of esters is 1. The normalized spacial score (nSPS) is 43.2. The maximum atomic E-state index is 13.4. The Hall–Kier alpha value is -2.08. The smallest absolute Gasteiger partial charge is 0.303 e. The summed E-state index contributed by atoms with van der Waals surface area (Å²) in [5.74, 6) is -1.30. The molecule has 0 aromatic rings. The zero-order chi connectivity index (χ0) is 21.2. The number of aliphatic hydroxyl groups is 1. The summed E-state index contributed by atoms with van der Waals surface area (Å²) in [6.07, 6.45) is 7.75. The topological polar surface area (TPSA) is 97.7 Å². The van der Waals surface area contributed by atoms with Gasteiger partial charge in [-0.3, -0.25) is 19.2 Å². The molecule has 2 saturated carbocycles. The molecule has 0 bridgehead atoms. The van der Waals surface area contributed by atoms with E-state index >= 15 is 0 Å². The minimum Gasteiger partial charge on any atom is -0.458 e. The van der Waals surface area contributed by atoms with Gasteiger partial charge in [0.1, 0.15) is 11.4 Å². The van der Waals surface area contributed by atoms with E-state index in [1.54, 1.807) is 6.08 Å². The Kier molecular flexibility index (Phi) is 4.50. The zero-order valence-corrected chi connectivity index (χ0v) is 17.2. The van der Waals surface area contributed by atoms with E-state index in [-0.39, 0.29) is 47.6 Å². The Balaban J connectivity index is 1.70. The molecule has 156 valence electrons. The van der Waals surface area contributed by atoms with E-state index in [2.05, 4.69) is 6.92 Å². The van der Waals surface area contributed by atoms with Gasteiger partial charge in [0.15, 0.2) is 12.4 Å². The van der Waals surface area contributed by atoms with Crippen molar-refractivity contribution in [3.8, 4) is 0 Å². The molecule has 6 atom stereocenters. The van der Waals surface area contributed by atoms with Gasteiger partial charge >= 0.3 is 5.97 Å². The van der Waals surface area contributed by atoms with Gasteiger partial charge < -0.3 is 9.84 Å². The molecule has 0 radical (unpaired) electrons. The van der Waals surface area contributed by atoms with Crippen molar-refractivity contribution >= 4 is 23.3 Å². The molecule has 6 heteroatoms. The molecule has 1 N–H and O–H groups in total. The second-order valence-electron chi connectivity index (χ2n) is 9.67. The third kappa shape index (κ3) is 2.71. The van der Waals surface area contributed by atoms with Gasteiger partial charge in [0.25, 0.3) is 0 Å². The van der Waals surface area contributed by atoms with Crippen molar-refractivity contribution in [2.75, 3.05) is 6.61 Å². The zero-order valence-electron chi connectivity index (χ0n) is 17.2. The summed E-state index contributed by atoms with van der Waals surface area (Å²) < 4.78 is 4.85. The lowest BCUT2D eigenvalue weighted by atomic mass is 9.47. The standard InChI is InChI=1S/C23H28O6/c1-13(24)29-12-19(27)23(28)9-7-17-16-5-4-14-10-15(25)6-8-21(14,2)20(16)18(26)11-22(17,23)3/h4-5,10,16-17,20,28H,6-9,11-12H2,1-3H3/t16-,17-,20+,21?,22-,23-/m0/s1. The number of fused-ring (bicyclic) bond motifs is 5. The van der Waals surface area contributed by atoms with E-state index < -0.39 is 29.4 Å². The molecule has 0 aromatic carbocycles. The van der Waals surface area contributed by atoms with E-state index in [9.17, 15) is 24.3 Å². The number of hydrogen-bond acceptors (Lipinski definition) is 6. The molecule has 2 fully saturated rings. The van der Waals surface area contributed by atoms with Gasteiger partial charge in [-0.05, 0) is 42.7 Å². The third-order valence-electron chi connectivity index (χ3n) is 8.24. The highest BCUT2D eigenvalue weighted by Gasteiger charge is 2.68. The number of allylic oxidation sites excluding steroid dienone is 4. The van der Waals surface area contributed by atoms with E-state index in [1.165, 1.54) is 6.92 Å². The quantitative estimate of drug-likeness (QED) is 0.730. The number of carbonyl (C=O) groups is 4. The van der Waals surface area contributed by atoms with Gasteiger partial charge in [-0.25, -0.2) is 0 Å². The van der Waals surface area contributed by atoms with Crippen LogP contribution in [0.15, 0.2) is 23.8 Å². The molecular weight excluding hydrogens is 372 g/mol. The summed E-state index contributed by atoms with van der Waals surface area (Å²) in [5.41, 5.74) is -2.03. The number of Topliss-reactive ketones (excluding diaryl/α,β-unsaturated/α-hetero) is 2. The fraction of sp³-hybridized carbons (Fsp3) is 0.652. The molecule has 4 rings (SSSR count). The van der Waals surface area contributed by atoms with Crippen LogP contribution < -0.4 is 0 Å². The first-order chi connectivity index (χ1) is 13.5. The molecule has 0 aliphatic heterocycles. The third-order valence-corrected chi connectivity index (χ3v) is 8.24. The van der Waals surface area contributed by atoms with E-state index in [1.807, 2.05) is 19.1 Å². The van der Waals surface area contributed by atoms with Crippen molar-refractivity contribution in [3.05, 3.63) is 23.8 Å². The summed E-state index contributed by atoms with van der Waals surface area (Å²) in [4.78, 5) is 49.3. The minimum atomic E-state index is -1.68. The van der Waals surface area contributed by atoms with Crippen LogP contribution >= 0.6 is 0 Å². The first-order valence-corrected chi connectivity index (χ1v) is 10.4. The van der Waals surface area contributed by atoms with Crippen LogP contribution in [-0.2, 0) is 23.9 Å². The molecule has 0 amide bonds. The minimum absolute atomic E-state index is 0.0243. The lowest BCUT2D eigenvalue weighted by molar-refractivity contribution is -0.170. The van der Waals surface area contributed by atoms with Crippen LogP contribution in [0.3, 0.4) is 0 Å². The van der Waals surface area contributed by atoms with Crippen molar-refractivity contribution < 1.29 is 29.0 Å². The fourth-order valence-electron chi connectivity index (χ4n) is 6.58. The van der Waals surface area contributed by atoms with Crippen molar-refractivity contribution in [2.24, 2.45) is 28.6 Å². The van der Waals surface area contributed by atoms with Gasteiger partial charge in [0.2, 0.25) is 5.78 Å². The predicted octanol–water partition coefficient (Wildman–Crippen LogP) is 2.34. The second-order valence-corrected chi connectivity index (χ2v) is 9.67. The van der Waals surface area contributed by atoms with Crippen molar-refractivity contribution in [3.63, 3.8) is 0 Å². The van der Waals surface area contributed by atoms with E-state index in [0.717, 1.165) is 5.57 Å². The van der Waals surface area contributed by atoms with Crippen molar-refractivity contribution in [1.29, 1.82) is 0 Å². The van der Waals surface area contributed by atoms with E-state index in [0.29, 0.717) is 19.3 Å². The Morgan fingerprint density at radius 2 is 1.97 bits per heavy atom. The molecule has 0 saturated heterocycles. The maximum absolute atomic E-state index is 13.4. The molecule has 4 aliphatic carbocycles. The number of carbonyl (C=O) groups excluding carboxylic acids is 4. The average molecular weight is 400 g/mol. The lowest BCUT2D eigenvalue weighted by Crippen LogP contribution is -2.60. The highest BCUT2D eigenvalue weighted by Crippen LogP contribution is 2.65. The van der Waals surface area contributed by atoms with Crippen molar-refractivity contribution in [2.45, 2.75) is 58.5 Å². The molecule has 0 spiro atoms. The largest absolute Gasteiger partial charge is 0.458 e. The van der Waals surface area contributed by atoms with Gasteiger partial charge in [-0.2, -0.15) is 0 Å². The van der Waals surface area contributed by atoms with Crippen LogP contribution in [0.5, 0.6) is 0 Å². The molecule has 0 aromatic heterocycles. The Morgan fingerprint density at radius 1 is 1.24 bits per heavy atom. The summed E-state index contributed by atoms with van der Waals surface area (Å²) in [6.45, 7) is 4.65. The Labute approximate surface area is 170 Å². The van der Waals surface area contributed by atoms with Crippen LogP contribution in [0.1, 0.15) is 52.9 Å². The van der Waals surface area contributed by atoms with Gasteiger partial charge in [0, 0.05) is 36.5 Å². The summed E-state index contributed by atoms with van der Waals surface area (Å²) in [7, 11) is 0. The monoisotopic (exact) mass is 400 g/mol. The van der Waals surface area contributed by atoms with Crippen LogP contribution in [0.4, 0.5) is 0 Å². The van der Waals surface area contributed by atoms with Crippen LogP contribution in [0.2, 0.25) is 0 Å². The predicted molar refractivity (Wildman–Crippen MR) is 104 cm³/mol. The van der Waals surface area contributed by atoms with Crippen molar-refractivity contribution in [1.82, 2.24) is 0 Å². The Bertz CT molecular complexity index is 869. The number of ketones is 3. The first kappa shape index (κ1) is 20.2. The highest BCUT2D eigenvalue weighted by molar-refractivity contribution is 5.95. The number of rotatable bonds is 3. The van der Waals surface area contributed by atoms with Gasteiger partial charge in [-0.15, -0.1) is 0 Å². The molecule has 6 nitrogen and oxygen atoms in total. The molecule has 1 unspecified atom stereocenters. The lowest BCUT2D eigenvalue weighted by Gasteiger charge is -2.55. The molecule has 0 heterocycles. The Morgan fingerprint density at radius 3 is 2.66 bits per heavy atom. The maximum Gasteiger partial charge on any atom is 0.303 e. The highest BCUT2D eigenvalue weighted by atomic mass is 16.5. The van der Waals surface area contributed by atoms with Crippen LogP contribution in [0, 0.1) is 28.6 Å². The summed E-state index contributed by atoms with van der Waals surface area (Å²) >= 11 is 0. The SMILES string of the molecule is CC(=O)OCC(=O)[C@@]1(O)CC[C@H]2[C@@H]3C=CC4=CC(=O)CCC4(C)[C@H]3C(=O)C[C@@]21C. The number of ether oxygens (including phenoxy) is 1.